The van der Waals surface area contributed by atoms with Crippen molar-refractivity contribution in [3.05, 3.63) is 9.28 Å². The minimum absolute atomic E-state index is 0.476. The minimum Gasteiger partial charge on any atom is -0.0793 e. The molecule has 16 heavy (non-hydrogen) atoms. The molecule has 0 saturated heterocycles. The summed E-state index contributed by atoms with van der Waals surface area (Å²) in [5, 5.41) is 0.476. The van der Waals surface area contributed by atoms with Gasteiger partial charge in [-0.1, -0.05) is 88.7 Å². The molecule has 0 saturated carbocycles. The molecule has 0 unspecified atom stereocenters. The van der Waals surface area contributed by atoms with Crippen molar-refractivity contribution in [2.45, 2.75) is 77.9 Å². The molecule has 0 spiro atoms. The summed E-state index contributed by atoms with van der Waals surface area (Å²) < 4.78 is 1.66. The van der Waals surface area contributed by atoms with E-state index in [4.69, 9.17) is 0 Å². The lowest BCUT2D eigenvalue weighted by Gasteiger charge is -2.37. The summed E-state index contributed by atoms with van der Waals surface area (Å²) in [5.74, 6) is 0. The lowest BCUT2D eigenvalue weighted by molar-refractivity contribution is 0.674. The maximum atomic E-state index is 2.59. The molecular formula is C14H29ISi. The van der Waals surface area contributed by atoms with Crippen LogP contribution in [0, 0.1) is 0 Å². The third-order valence-corrected chi connectivity index (χ3v) is 13.5. The second-order valence-corrected chi connectivity index (χ2v) is 13.7. The van der Waals surface area contributed by atoms with Gasteiger partial charge in [-0.2, -0.15) is 0 Å². The molecule has 0 atom stereocenters. The number of unbranched alkanes of at least 4 members (excludes halogenated alkanes) is 4. The molecule has 0 radical (unpaired) electrons. The van der Waals surface area contributed by atoms with Crippen LogP contribution in [0.3, 0.4) is 0 Å². The van der Waals surface area contributed by atoms with Gasteiger partial charge in [0.2, 0.25) is 0 Å². The van der Waals surface area contributed by atoms with E-state index in [1.807, 2.05) is 0 Å². The summed E-state index contributed by atoms with van der Waals surface area (Å²) in [6.07, 6.45) is 9.29. The highest BCUT2D eigenvalue weighted by atomic mass is 127. The molecule has 0 aliphatic carbocycles. The van der Waals surface area contributed by atoms with Gasteiger partial charge in [-0.05, 0) is 21.1 Å². The third-order valence-electron chi connectivity index (χ3n) is 3.85. The van der Waals surface area contributed by atoms with Crippen molar-refractivity contribution in [1.29, 1.82) is 0 Å². The van der Waals surface area contributed by atoms with Crippen LogP contribution in [0.25, 0.3) is 0 Å². The van der Waals surface area contributed by atoms with Gasteiger partial charge in [-0.15, -0.1) is 0 Å². The molecule has 0 aromatic rings. The Morgan fingerprint density at radius 1 is 1.12 bits per heavy atom. The lowest BCUT2D eigenvalue weighted by atomic mass is 10.2. The average Bonchev–Trinajstić information content (AvgIpc) is 2.15. The number of hydrogen-bond acceptors (Lipinski definition) is 0. The van der Waals surface area contributed by atoms with Gasteiger partial charge in [0.25, 0.3) is 0 Å². The van der Waals surface area contributed by atoms with Gasteiger partial charge in [-0.25, -0.2) is 0 Å². The van der Waals surface area contributed by atoms with Gasteiger partial charge in [0.1, 0.15) is 0 Å². The van der Waals surface area contributed by atoms with E-state index in [2.05, 4.69) is 69.5 Å². The van der Waals surface area contributed by atoms with Crippen molar-refractivity contribution >= 4 is 30.7 Å². The normalized spacial score (nSPS) is 14.3. The van der Waals surface area contributed by atoms with Gasteiger partial charge in [0, 0.05) is 0 Å². The first-order valence-electron chi connectivity index (χ1n) is 6.59. The SMILES string of the molecule is CCCCCC/C=C(/I)[Si](C)(C)C(C)(C)C. The van der Waals surface area contributed by atoms with Gasteiger partial charge in [-0.3, -0.25) is 0 Å². The fourth-order valence-electron chi connectivity index (χ4n) is 1.41. The zero-order chi connectivity index (χ0) is 12.8. The Hall–Kier alpha value is 0.687. The second kappa shape index (κ2) is 7.19. The maximum Gasteiger partial charge on any atom is 0.0933 e. The fraction of sp³-hybridized carbons (Fsp3) is 0.857. The molecule has 0 bridgehead atoms. The van der Waals surface area contributed by atoms with Gasteiger partial charge in [0.15, 0.2) is 0 Å². The van der Waals surface area contributed by atoms with Crippen LogP contribution in [0.1, 0.15) is 59.8 Å². The summed E-state index contributed by atoms with van der Waals surface area (Å²) >= 11 is 2.59. The van der Waals surface area contributed by atoms with Crippen LogP contribution in [0.4, 0.5) is 0 Å². The first-order chi connectivity index (χ1) is 7.23. The van der Waals surface area contributed by atoms with Crippen LogP contribution in [0.15, 0.2) is 9.28 Å². The monoisotopic (exact) mass is 352 g/mol. The predicted molar refractivity (Wildman–Crippen MR) is 88.1 cm³/mol. The van der Waals surface area contributed by atoms with Crippen LogP contribution in [0.5, 0.6) is 0 Å². The Morgan fingerprint density at radius 2 is 1.69 bits per heavy atom. The molecule has 96 valence electrons. The Morgan fingerprint density at radius 3 is 2.12 bits per heavy atom. The van der Waals surface area contributed by atoms with Crippen LogP contribution in [0.2, 0.25) is 18.1 Å². The fourth-order valence-corrected chi connectivity index (χ4v) is 5.52. The molecule has 0 aromatic heterocycles. The zero-order valence-electron chi connectivity index (χ0n) is 12.0. The zero-order valence-corrected chi connectivity index (χ0v) is 15.1. The van der Waals surface area contributed by atoms with E-state index in [9.17, 15) is 0 Å². The largest absolute Gasteiger partial charge is 0.0933 e. The molecule has 0 nitrogen and oxygen atoms in total. The third kappa shape index (κ3) is 5.35. The first kappa shape index (κ1) is 16.7. The van der Waals surface area contributed by atoms with Crippen molar-refractivity contribution in [2.24, 2.45) is 0 Å². The topological polar surface area (TPSA) is 0 Å². The van der Waals surface area contributed by atoms with Crippen LogP contribution >= 0.6 is 22.6 Å². The van der Waals surface area contributed by atoms with Crippen molar-refractivity contribution in [3.63, 3.8) is 0 Å². The van der Waals surface area contributed by atoms with Crippen molar-refractivity contribution in [3.8, 4) is 0 Å². The first-order valence-corrected chi connectivity index (χ1v) is 10.7. The standard InChI is InChI=1S/C14H29ISi/c1-7-8-9-10-11-12-13(15)16(5,6)14(2,3)4/h12H,7-11H2,1-6H3/b13-12-. The molecule has 0 amide bonds. The number of hydrogen-bond donors (Lipinski definition) is 0. The average molecular weight is 352 g/mol. The maximum absolute atomic E-state index is 2.59. The smallest absolute Gasteiger partial charge is 0.0793 e. The Bertz CT molecular complexity index is 223. The van der Waals surface area contributed by atoms with Crippen molar-refractivity contribution < 1.29 is 0 Å². The second-order valence-electron chi connectivity index (χ2n) is 6.28. The Labute approximate surface area is 117 Å². The molecule has 0 aliphatic rings. The molecule has 0 heterocycles. The van der Waals surface area contributed by atoms with E-state index in [1.54, 1.807) is 3.20 Å². The summed E-state index contributed by atoms with van der Waals surface area (Å²) in [4.78, 5) is 0. The summed E-state index contributed by atoms with van der Waals surface area (Å²) in [7, 11) is -1.23. The molecule has 0 aromatic carbocycles. The predicted octanol–water partition coefficient (Wildman–Crippen LogP) is 6.32. The number of rotatable bonds is 6. The molecule has 0 rings (SSSR count). The lowest BCUT2D eigenvalue weighted by Crippen LogP contribution is -2.37. The summed E-state index contributed by atoms with van der Waals surface area (Å²) in [6, 6.07) is 0. The highest BCUT2D eigenvalue weighted by Crippen LogP contribution is 2.43. The van der Waals surface area contributed by atoms with Crippen LogP contribution < -0.4 is 0 Å². The quantitative estimate of drug-likeness (QED) is 0.298. The summed E-state index contributed by atoms with van der Waals surface area (Å²) in [5.41, 5.74) is 0. The van der Waals surface area contributed by atoms with Gasteiger partial charge < -0.3 is 0 Å². The molecule has 0 N–H and O–H groups in total. The number of allylic oxidation sites excluding steroid dienone is 1. The van der Waals surface area contributed by atoms with Crippen molar-refractivity contribution in [1.82, 2.24) is 0 Å². The van der Waals surface area contributed by atoms with Crippen molar-refractivity contribution in [2.75, 3.05) is 0 Å². The number of halogens is 1. The Balaban J connectivity index is 4.22. The summed E-state index contributed by atoms with van der Waals surface area (Å²) in [6.45, 7) is 14.4. The minimum atomic E-state index is -1.23. The van der Waals surface area contributed by atoms with Gasteiger partial charge >= 0.3 is 0 Å². The highest BCUT2D eigenvalue weighted by molar-refractivity contribution is 14.1. The van der Waals surface area contributed by atoms with E-state index in [0.29, 0.717) is 5.04 Å². The van der Waals surface area contributed by atoms with E-state index in [-0.39, 0.29) is 0 Å². The molecular weight excluding hydrogens is 323 g/mol. The van der Waals surface area contributed by atoms with E-state index in [1.165, 1.54) is 32.1 Å². The van der Waals surface area contributed by atoms with Crippen LogP contribution in [-0.2, 0) is 0 Å². The molecule has 0 fully saturated rings. The molecule has 2 heteroatoms. The molecule has 0 aliphatic heterocycles. The van der Waals surface area contributed by atoms with Crippen LogP contribution in [-0.4, -0.2) is 8.07 Å². The van der Waals surface area contributed by atoms with Gasteiger partial charge in [0.05, 0.1) is 8.07 Å². The van der Waals surface area contributed by atoms with E-state index >= 15 is 0 Å². The van der Waals surface area contributed by atoms with E-state index in [0.717, 1.165) is 0 Å². The van der Waals surface area contributed by atoms with E-state index < -0.39 is 8.07 Å². The Kier molecular flexibility index (Phi) is 7.50. The highest BCUT2D eigenvalue weighted by Gasteiger charge is 2.37.